The van der Waals surface area contributed by atoms with Gasteiger partial charge in [0.05, 0.1) is 0 Å². The van der Waals surface area contributed by atoms with Gasteiger partial charge in [-0.05, 0) is 29.5 Å². The van der Waals surface area contributed by atoms with Crippen molar-refractivity contribution >= 4 is 5.91 Å². The highest BCUT2D eigenvalue weighted by Gasteiger charge is 2.16. The van der Waals surface area contributed by atoms with Gasteiger partial charge in [-0.2, -0.15) is 0 Å². The molecule has 0 saturated heterocycles. The molecule has 0 fully saturated rings. The molecule has 0 radical (unpaired) electrons. The molecule has 1 aromatic rings. The Bertz CT molecular complexity index is 385. The van der Waals surface area contributed by atoms with Crippen molar-refractivity contribution in [3.63, 3.8) is 0 Å². The molecule has 0 spiro atoms. The fraction of sp³-hybridized carbons (Fsp3) is 0.500. The van der Waals surface area contributed by atoms with Crippen molar-refractivity contribution in [2.75, 3.05) is 13.2 Å². The van der Waals surface area contributed by atoms with E-state index in [0.717, 1.165) is 25.1 Å². The Morgan fingerprint density at radius 2 is 1.94 bits per heavy atom. The Morgan fingerprint density at radius 1 is 1.33 bits per heavy atom. The molecule has 0 bridgehead atoms. The highest BCUT2D eigenvalue weighted by atomic mass is 16.3. The zero-order valence-corrected chi connectivity index (χ0v) is 11.1. The molecule has 0 unspecified atom stereocenters. The third kappa shape index (κ3) is 4.85. The van der Waals surface area contributed by atoms with Crippen LogP contribution in [-0.2, 0) is 6.54 Å². The molecule has 100 valence electrons. The Hall–Kier alpha value is -1.39. The van der Waals surface area contributed by atoms with Gasteiger partial charge in [0.25, 0.3) is 0 Å². The lowest BCUT2D eigenvalue weighted by Crippen LogP contribution is -2.29. The first kappa shape index (κ1) is 14.7. The van der Waals surface area contributed by atoms with Crippen molar-refractivity contribution in [1.82, 2.24) is 5.32 Å². The number of carbonyl (C=O) groups excluding carboxylic acids is 1. The molecule has 0 atom stereocenters. The zero-order valence-electron chi connectivity index (χ0n) is 11.1. The Balaban J connectivity index is 2.42. The van der Waals surface area contributed by atoms with Crippen LogP contribution < -0.4 is 11.1 Å². The number of amides is 1. The van der Waals surface area contributed by atoms with Crippen molar-refractivity contribution in [1.29, 1.82) is 0 Å². The maximum absolute atomic E-state index is 10.9. The van der Waals surface area contributed by atoms with Gasteiger partial charge >= 0.3 is 0 Å². The van der Waals surface area contributed by atoms with Crippen molar-refractivity contribution in [2.45, 2.75) is 26.8 Å². The molecule has 4 nitrogen and oxygen atoms in total. The first-order valence-corrected chi connectivity index (χ1v) is 6.15. The summed E-state index contributed by atoms with van der Waals surface area (Å²) >= 11 is 0. The minimum atomic E-state index is -0.404. The molecule has 1 aromatic carbocycles. The summed E-state index contributed by atoms with van der Waals surface area (Å²) in [6.07, 6.45) is 0.778. The molecule has 0 aliphatic carbocycles. The van der Waals surface area contributed by atoms with Gasteiger partial charge < -0.3 is 16.2 Å². The van der Waals surface area contributed by atoms with Gasteiger partial charge in [0.1, 0.15) is 0 Å². The lowest BCUT2D eigenvalue weighted by molar-refractivity contribution is 0.100. The van der Waals surface area contributed by atoms with Crippen LogP contribution in [0.5, 0.6) is 0 Å². The van der Waals surface area contributed by atoms with Crippen molar-refractivity contribution < 1.29 is 9.90 Å². The summed E-state index contributed by atoms with van der Waals surface area (Å²) in [6.45, 7) is 6.03. The summed E-state index contributed by atoms with van der Waals surface area (Å²) in [6, 6.07) is 7.26. The normalized spacial score (nSPS) is 11.5. The second-order valence-electron chi connectivity index (χ2n) is 5.30. The molecule has 4 heteroatoms. The Labute approximate surface area is 108 Å². The summed E-state index contributed by atoms with van der Waals surface area (Å²) in [5.41, 5.74) is 6.90. The third-order valence-electron chi connectivity index (χ3n) is 2.96. The predicted molar refractivity (Wildman–Crippen MR) is 72.2 cm³/mol. The molecular formula is C14H22N2O2. The molecule has 4 N–H and O–H groups in total. The average Bonchev–Trinajstić information content (AvgIpc) is 2.29. The maximum atomic E-state index is 10.9. The van der Waals surface area contributed by atoms with E-state index < -0.39 is 5.91 Å². The second-order valence-corrected chi connectivity index (χ2v) is 5.30. The predicted octanol–water partition coefficient (Wildman–Crippen LogP) is 1.28. The van der Waals surface area contributed by atoms with Gasteiger partial charge in [-0.25, -0.2) is 0 Å². The quantitative estimate of drug-likeness (QED) is 0.682. The largest absolute Gasteiger partial charge is 0.396 e. The number of primary amides is 1. The van der Waals surface area contributed by atoms with E-state index in [4.69, 9.17) is 10.8 Å². The first-order valence-electron chi connectivity index (χ1n) is 6.15. The molecule has 0 aliphatic rings. The molecule has 0 aliphatic heterocycles. The second kappa shape index (κ2) is 6.52. The molecule has 0 aromatic heterocycles. The van der Waals surface area contributed by atoms with Crippen LogP contribution in [0.4, 0.5) is 0 Å². The first-order chi connectivity index (χ1) is 8.44. The molecular weight excluding hydrogens is 228 g/mol. The maximum Gasteiger partial charge on any atom is 0.248 e. The highest BCUT2D eigenvalue weighted by Crippen LogP contribution is 2.18. The van der Waals surface area contributed by atoms with E-state index in [1.54, 1.807) is 12.1 Å². The monoisotopic (exact) mass is 250 g/mol. The van der Waals surface area contributed by atoms with Gasteiger partial charge in [0.15, 0.2) is 0 Å². The van der Waals surface area contributed by atoms with Crippen LogP contribution in [0.3, 0.4) is 0 Å². The number of carbonyl (C=O) groups is 1. The topological polar surface area (TPSA) is 75.3 Å². The molecule has 0 saturated carbocycles. The average molecular weight is 250 g/mol. The zero-order chi connectivity index (χ0) is 13.6. The number of nitrogens with two attached hydrogens (primary N) is 1. The fourth-order valence-corrected chi connectivity index (χ4v) is 1.72. The fourth-order valence-electron chi connectivity index (χ4n) is 1.72. The number of aliphatic hydroxyl groups is 1. The van der Waals surface area contributed by atoms with Crippen molar-refractivity contribution in [3.05, 3.63) is 35.4 Å². The summed E-state index contributed by atoms with van der Waals surface area (Å²) in [4.78, 5) is 10.9. The minimum Gasteiger partial charge on any atom is -0.396 e. The van der Waals surface area contributed by atoms with Crippen molar-refractivity contribution in [2.24, 2.45) is 11.1 Å². The Kier molecular flexibility index (Phi) is 5.31. The summed E-state index contributed by atoms with van der Waals surface area (Å²) in [5.74, 6) is -0.404. The smallest absolute Gasteiger partial charge is 0.248 e. The van der Waals surface area contributed by atoms with Crippen LogP contribution in [0.2, 0.25) is 0 Å². The third-order valence-corrected chi connectivity index (χ3v) is 2.96. The van der Waals surface area contributed by atoms with Gasteiger partial charge in [0.2, 0.25) is 5.91 Å². The number of hydrogen-bond donors (Lipinski definition) is 3. The Morgan fingerprint density at radius 3 is 2.44 bits per heavy atom. The number of hydrogen-bond acceptors (Lipinski definition) is 3. The SMILES string of the molecule is CC(C)(CCO)CNCc1ccc(C(N)=O)cc1. The highest BCUT2D eigenvalue weighted by molar-refractivity contribution is 5.92. The van der Waals surface area contributed by atoms with Crippen molar-refractivity contribution in [3.8, 4) is 0 Å². The van der Waals surface area contributed by atoms with E-state index in [9.17, 15) is 4.79 Å². The van der Waals surface area contributed by atoms with Crippen LogP contribution in [0.25, 0.3) is 0 Å². The van der Waals surface area contributed by atoms with Gasteiger partial charge in [0, 0.05) is 25.3 Å². The van der Waals surface area contributed by atoms with Gasteiger partial charge in [-0.15, -0.1) is 0 Å². The van der Waals surface area contributed by atoms with Crippen LogP contribution in [0, 0.1) is 5.41 Å². The molecule has 1 rings (SSSR count). The van der Waals surface area contributed by atoms with E-state index in [1.165, 1.54) is 0 Å². The number of benzene rings is 1. The molecule has 1 amide bonds. The number of nitrogens with one attached hydrogen (secondary N) is 1. The number of rotatable bonds is 7. The summed E-state index contributed by atoms with van der Waals surface area (Å²) in [5, 5.41) is 12.3. The van der Waals surface area contributed by atoms with Gasteiger partial charge in [-0.1, -0.05) is 26.0 Å². The molecule has 18 heavy (non-hydrogen) atoms. The lowest BCUT2D eigenvalue weighted by atomic mass is 9.90. The molecule has 0 heterocycles. The van der Waals surface area contributed by atoms with E-state index in [2.05, 4.69) is 19.2 Å². The van der Waals surface area contributed by atoms with Crippen LogP contribution >= 0.6 is 0 Å². The van der Waals surface area contributed by atoms with Crippen LogP contribution in [0.1, 0.15) is 36.2 Å². The van der Waals surface area contributed by atoms with E-state index >= 15 is 0 Å². The van der Waals surface area contributed by atoms with E-state index in [0.29, 0.717) is 5.56 Å². The lowest BCUT2D eigenvalue weighted by Gasteiger charge is -2.24. The van der Waals surface area contributed by atoms with E-state index in [1.807, 2.05) is 12.1 Å². The van der Waals surface area contributed by atoms with Gasteiger partial charge in [-0.3, -0.25) is 4.79 Å². The summed E-state index contributed by atoms with van der Waals surface area (Å²) in [7, 11) is 0. The minimum absolute atomic E-state index is 0.0852. The standard InChI is InChI=1S/C14H22N2O2/c1-14(2,7-8-17)10-16-9-11-3-5-12(6-4-11)13(15)18/h3-6,16-17H,7-10H2,1-2H3,(H2,15,18). The number of aliphatic hydroxyl groups excluding tert-OH is 1. The van der Waals surface area contributed by atoms with E-state index in [-0.39, 0.29) is 12.0 Å². The summed E-state index contributed by atoms with van der Waals surface area (Å²) < 4.78 is 0. The van der Waals surface area contributed by atoms with Crippen LogP contribution in [-0.4, -0.2) is 24.2 Å². The van der Waals surface area contributed by atoms with Crippen LogP contribution in [0.15, 0.2) is 24.3 Å².